The molecule has 0 atom stereocenters. The van der Waals surface area contributed by atoms with Crippen LogP contribution in [-0.2, 0) is 4.74 Å². The molecule has 5 nitrogen and oxygen atoms in total. The minimum absolute atomic E-state index is 0.0720. The highest BCUT2D eigenvalue weighted by molar-refractivity contribution is 7.22. The molecule has 1 aliphatic carbocycles. The standard InChI is InChI=1S/C26H23N3O2S/c27-25-29-23-15-17(12-13-24(23)32-25)7-5-6-14-28-26(30)31-16-22-20-10-3-1-8-18(20)19-9-2-4-11-21(19)22/h1-5,7-13,15,22H,6,14,16H2,(H2,27,29)(H,28,30). The number of nitrogens with two attached hydrogens (primary N) is 1. The Bertz CT molecular complexity index is 1270. The number of thiazole rings is 1. The van der Waals surface area contributed by atoms with Crippen LogP contribution in [0, 0.1) is 0 Å². The topological polar surface area (TPSA) is 77.2 Å². The van der Waals surface area contributed by atoms with Gasteiger partial charge in [-0.05, 0) is 46.4 Å². The zero-order valence-electron chi connectivity index (χ0n) is 17.5. The maximum absolute atomic E-state index is 12.2. The maximum atomic E-state index is 12.2. The minimum atomic E-state index is -0.389. The number of fused-ring (bicyclic) bond motifs is 4. The molecule has 3 aromatic carbocycles. The quantitative estimate of drug-likeness (QED) is 0.370. The normalized spacial score (nSPS) is 12.8. The number of nitrogens with zero attached hydrogens (tertiary/aromatic N) is 1. The number of carbonyl (C=O) groups is 1. The van der Waals surface area contributed by atoms with E-state index in [0.29, 0.717) is 24.7 Å². The highest BCUT2D eigenvalue weighted by Crippen LogP contribution is 2.44. The lowest BCUT2D eigenvalue weighted by Gasteiger charge is -2.14. The number of nitrogens with one attached hydrogen (secondary N) is 1. The van der Waals surface area contributed by atoms with E-state index in [2.05, 4.69) is 34.6 Å². The highest BCUT2D eigenvalue weighted by atomic mass is 32.1. The van der Waals surface area contributed by atoms with Crippen molar-refractivity contribution in [1.82, 2.24) is 10.3 Å². The number of amides is 1. The third kappa shape index (κ3) is 4.09. The van der Waals surface area contributed by atoms with Crippen molar-refractivity contribution in [3.63, 3.8) is 0 Å². The Labute approximate surface area is 190 Å². The van der Waals surface area contributed by atoms with Crippen LogP contribution < -0.4 is 11.1 Å². The molecule has 32 heavy (non-hydrogen) atoms. The number of hydrogen-bond acceptors (Lipinski definition) is 5. The van der Waals surface area contributed by atoms with Crippen LogP contribution in [0.3, 0.4) is 0 Å². The maximum Gasteiger partial charge on any atom is 0.407 e. The first kappa shape index (κ1) is 20.3. The van der Waals surface area contributed by atoms with Gasteiger partial charge in [-0.3, -0.25) is 0 Å². The summed E-state index contributed by atoms with van der Waals surface area (Å²) in [5.74, 6) is 0.0720. The van der Waals surface area contributed by atoms with Crippen LogP contribution in [0.5, 0.6) is 0 Å². The molecule has 0 saturated carbocycles. The van der Waals surface area contributed by atoms with Crippen molar-refractivity contribution in [2.45, 2.75) is 12.3 Å². The van der Waals surface area contributed by atoms with E-state index in [1.54, 1.807) is 0 Å². The van der Waals surface area contributed by atoms with Crippen molar-refractivity contribution >= 4 is 38.9 Å². The molecule has 1 aromatic heterocycles. The molecule has 6 heteroatoms. The number of nitrogen functional groups attached to an aromatic ring is 1. The largest absolute Gasteiger partial charge is 0.449 e. The fraction of sp³-hybridized carbons (Fsp3) is 0.154. The minimum Gasteiger partial charge on any atom is -0.449 e. The molecular weight excluding hydrogens is 418 g/mol. The number of rotatable bonds is 6. The predicted molar refractivity (Wildman–Crippen MR) is 131 cm³/mol. The van der Waals surface area contributed by atoms with E-state index in [1.165, 1.54) is 33.6 Å². The molecule has 0 radical (unpaired) electrons. The van der Waals surface area contributed by atoms with Crippen LogP contribution in [0.4, 0.5) is 9.93 Å². The number of alkyl carbamates (subject to hydrolysis) is 1. The Morgan fingerprint density at radius 3 is 2.53 bits per heavy atom. The van der Waals surface area contributed by atoms with Crippen LogP contribution in [0.25, 0.3) is 27.4 Å². The summed E-state index contributed by atoms with van der Waals surface area (Å²) in [4.78, 5) is 16.5. The Balaban J connectivity index is 1.12. The summed E-state index contributed by atoms with van der Waals surface area (Å²) in [6.07, 6.45) is 4.37. The van der Waals surface area contributed by atoms with Crippen LogP contribution in [0.2, 0.25) is 0 Å². The van der Waals surface area contributed by atoms with Crippen LogP contribution in [0.15, 0.2) is 72.8 Å². The molecule has 1 amide bonds. The summed E-state index contributed by atoms with van der Waals surface area (Å²) in [5.41, 5.74) is 12.6. The fourth-order valence-corrected chi connectivity index (χ4v) is 4.91. The Hall–Kier alpha value is -3.64. The lowest BCUT2D eigenvalue weighted by Crippen LogP contribution is -2.26. The van der Waals surface area contributed by atoms with Crippen molar-refractivity contribution in [1.29, 1.82) is 0 Å². The molecule has 0 bridgehead atoms. The molecule has 160 valence electrons. The molecule has 0 unspecified atom stereocenters. The van der Waals surface area contributed by atoms with Gasteiger partial charge in [-0.25, -0.2) is 9.78 Å². The van der Waals surface area contributed by atoms with Gasteiger partial charge in [0, 0.05) is 12.5 Å². The van der Waals surface area contributed by atoms with Gasteiger partial charge in [-0.2, -0.15) is 0 Å². The zero-order valence-corrected chi connectivity index (χ0v) is 18.3. The van der Waals surface area contributed by atoms with Gasteiger partial charge < -0.3 is 15.8 Å². The number of anilines is 1. The zero-order chi connectivity index (χ0) is 21.9. The van der Waals surface area contributed by atoms with E-state index < -0.39 is 0 Å². The first-order valence-electron chi connectivity index (χ1n) is 10.6. The summed E-state index contributed by atoms with van der Waals surface area (Å²) in [5, 5.41) is 3.41. The van der Waals surface area contributed by atoms with Crippen molar-refractivity contribution in [3.8, 4) is 11.1 Å². The highest BCUT2D eigenvalue weighted by Gasteiger charge is 2.28. The van der Waals surface area contributed by atoms with E-state index in [0.717, 1.165) is 15.8 Å². The molecule has 3 N–H and O–H groups in total. The molecule has 0 saturated heterocycles. The average molecular weight is 442 g/mol. The molecule has 4 aromatic rings. The van der Waals surface area contributed by atoms with E-state index in [-0.39, 0.29) is 12.0 Å². The number of ether oxygens (including phenoxy) is 1. The second-order valence-electron chi connectivity index (χ2n) is 7.72. The van der Waals surface area contributed by atoms with Gasteiger partial charge in [0.05, 0.1) is 10.2 Å². The number of aromatic nitrogens is 1. The van der Waals surface area contributed by atoms with Crippen LogP contribution in [0.1, 0.15) is 29.0 Å². The molecule has 0 fully saturated rings. The van der Waals surface area contributed by atoms with Crippen molar-refractivity contribution in [2.75, 3.05) is 18.9 Å². The lowest BCUT2D eigenvalue weighted by molar-refractivity contribution is 0.143. The Morgan fingerprint density at radius 1 is 1.06 bits per heavy atom. The lowest BCUT2D eigenvalue weighted by atomic mass is 9.98. The summed E-state index contributed by atoms with van der Waals surface area (Å²) in [6.45, 7) is 0.839. The van der Waals surface area contributed by atoms with E-state index >= 15 is 0 Å². The monoisotopic (exact) mass is 441 g/mol. The third-order valence-electron chi connectivity index (χ3n) is 5.66. The molecular formula is C26H23N3O2S. The van der Waals surface area contributed by atoms with Crippen molar-refractivity contribution in [2.24, 2.45) is 0 Å². The third-order valence-corrected chi connectivity index (χ3v) is 6.53. The second-order valence-corrected chi connectivity index (χ2v) is 8.78. The Morgan fingerprint density at radius 2 is 1.78 bits per heavy atom. The van der Waals surface area contributed by atoms with Gasteiger partial charge in [0.2, 0.25) is 0 Å². The van der Waals surface area contributed by atoms with Gasteiger partial charge in [0.25, 0.3) is 0 Å². The summed E-state index contributed by atoms with van der Waals surface area (Å²) < 4.78 is 6.64. The van der Waals surface area contributed by atoms with Crippen LogP contribution >= 0.6 is 11.3 Å². The number of carbonyl (C=O) groups excluding carboxylic acids is 1. The van der Waals surface area contributed by atoms with Crippen LogP contribution in [-0.4, -0.2) is 24.2 Å². The first-order chi connectivity index (χ1) is 15.7. The first-order valence-corrected chi connectivity index (χ1v) is 11.4. The fourth-order valence-electron chi connectivity index (χ4n) is 4.19. The Kier molecular flexibility index (Phi) is 5.60. The van der Waals surface area contributed by atoms with Gasteiger partial charge in [-0.15, -0.1) is 0 Å². The molecule has 1 aliphatic rings. The molecule has 1 heterocycles. The average Bonchev–Trinajstić information content (AvgIpc) is 3.34. The van der Waals surface area contributed by atoms with Gasteiger partial charge in [0.15, 0.2) is 5.13 Å². The predicted octanol–water partition coefficient (Wildman–Crippen LogP) is 5.82. The van der Waals surface area contributed by atoms with Gasteiger partial charge in [0.1, 0.15) is 6.61 Å². The van der Waals surface area contributed by atoms with Gasteiger partial charge in [-0.1, -0.05) is 78.1 Å². The molecule has 5 rings (SSSR count). The van der Waals surface area contributed by atoms with Crippen molar-refractivity contribution < 1.29 is 9.53 Å². The van der Waals surface area contributed by atoms with Crippen molar-refractivity contribution in [3.05, 3.63) is 89.5 Å². The number of benzene rings is 3. The summed E-state index contributed by atoms with van der Waals surface area (Å²) >= 11 is 1.48. The van der Waals surface area contributed by atoms with E-state index in [4.69, 9.17) is 10.5 Å². The summed E-state index contributed by atoms with van der Waals surface area (Å²) in [7, 11) is 0. The number of hydrogen-bond donors (Lipinski definition) is 2. The SMILES string of the molecule is Nc1nc2cc(C=CCCNC(=O)OCC3c4ccccc4-c4ccccc43)ccc2s1. The smallest absolute Gasteiger partial charge is 0.407 e. The van der Waals surface area contributed by atoms with E-state index in [1.807, 2.05) is 54.6 Å². The summed E-state index contributed by atoms with van der Waals surface area (Å²) in [6, 6.07) is 22.7. The second kappa shape index (κ2) is 8.85. The molecule has 0 spiro atoms. The molecule has 0 aliphatic heterocycles. The van der Waals surface area contributed by atoms with E-state index in [9.17, 15) is 4.79 Å². The van der Waals surface area contributed by atoms with Gasteiger partial charge >= 0.3 is 6.09 Å².